The van der Waals surface area contributed by atoms with Crippen molar-refractivity contribution in [3.63, 3.8) is 0 Å². The minimum absolute atomic E-state index is 0.100. The standard InChI is InChI=1S/C17H22FN5OS/c1-11-7-9-22(10-8-11)16(24)12(2)25-17-21-20-15(23(17)19)13-3-5-14(18)6-4-13/h3-6,11-12H,7-10,19H2,1-2H3/t12-/m0/s1. The van der Waals surface area contributed by atoms with E-state index in [0.717, 1.165) is 25.9 Å². The molecular weight excluding hydrogens is 341 g/mol. The second-order valence-corrected chi connectivity index (χ2v) is 7.76. The Morgan fingerprint density at radius 1 is 1.28 bits per heavy atom. The summed E-state index contributed by atoms with van der Waals surface area (Å²) in [4.78, 5) is 14.5. The van der Waals surface area contributed by atoms with Crippen molar-refractivity contribution in [3.8, 4) is 11.4 Å². The summed E-state index contributed by atoms with van der Waals surface area (Å²) in [5.41, 5.74) is 0.673. The molecule has 1 aromatic heterocycles. The van der Waals surface area contributed by atoms with Crippen LogP contribution in [0.2, 0.25) is 0 Å². The number of hydrogen-bond donors (Lipinski definition) is 1. The highest BCUT2D eigenvalue weighted by molar-refractivity contribution is 8.00. The van der Waals surface area contributed by atoms with Gasteiger partial charge in [0.25, 0.3) is 0 Å². The molecular formula is C17H22FN5OS. The van der Waals surface area contributed by atoms with Gasteiger partial charge >= 0.3 is 0 Å². The molecule has 0 bridgehead atoms. The van der Waals surface area contributed by atoms with Crippen molar-refractivity contribution in [2.24, 2.45) is 5.92 Å². The van der Waals surface area contributed by atoms with Crippen LogP contribution in [0.4, 0.5) is 4.39 Å². The normalized spacial score (nSPS) is 16.8. The van der Waals surface area contributed by atoms with E-state index < -0.39 is 0 Å². The molecule has 3 rings (SSSR count). The first kappa shape index (κ1) is 17.7. The Kier molecular flexibility index (Phi) is 5.27. The van der Waals surface area contributed by atoms with E-state index in [1.165, 1.54) is 28.6 Å². The van der Waals surface area contributed by atoms with Crippen molar-refractivity contribution in [1.29, 1.82) is 0 Å². The van der Waals surface area contributed by atoms with Gasteiger partial charge in [-0.25, -0.2) is 9.07 Å². The third-order valence-electron chi connectivity index (χ3n) is 4.49. The van der Waals surface area contributed by atoms with Crippen LogP contribution in [0.15, 0.2) is 29.4 Å². The number of halogens is 1. The van der Waals surface area contributed by atoms with Crippen LogP contribution in [-0.2, 0) is 4.79 Å². The minimum atomic E-state index is -0.323. The van der Waals surface area contributed by atoms with Crippen molar-refractivity contribution in [3.05, 3.63) is 30.1 Å². The first-order chi connectivity index (χ1) is 12.0. The average molecular weight is 363 g/mol. The molecule has 1 fully saturated rings. The molecule has 1 atom stereocenters. The molecule has 2 N–H and O–H groups in total. The molecule has 0 radical (unpaired) electrons. The number of benzene rings is 1. The Labute approximate surface area is 150 Å². The van der Waals surface area contributed by atoms with Crippen LogP contribution < -0.4 is 5.84 Å². The highest BCUT2D eigenvalue weighted by Gasteiger charge is 2.26. The Hall–Kier alpha value is -2.09. The number of piperidine rings is 1. The summed E-state index contributed by atoms with van der Waals surface area (Å²) in [6.45, 7) is 5.69. The fourth-order valence-corrected chi connectivity index (χ4v) is 3.70. The van der Waals surface area contributed by atoms with Gasteiger partial charge in [0.2, 0.25) is 11.1 Å². The number of carbonyl (C=O) groups is 1. The van der Waals surface area contributed by atoms with Crippen molar-refractivity contribution in [2.45, 2.75) is 37.1 Å². The summed E-state index contributed by atoms with van der Waals surface area (Å²) in [7, 11) is 0. The number of rotatable bonds is 4. The highest BCUT2D eigenvalue weighted by Crippen LogP contribution is 2.27. The molecule has 2 aromatic rings. The second kappa shape index (κ2) is 7.43. The third kappa shape index (κ3) is 3.95. The Morgan fingerprint density at radius 3 is 2.56 bits per heavy atom. The number of thioether (sulfide) groups is 1. The number of nitrogens with zero attached hydrogens (tertiary/aromatic N) is 4. The summed E-state index contributed by atoms with van der Waals surface area (Å²) < 4.78 is 14.4. The number of nitrogens with two attached hydrogens (primary N) is 1. The topological polar surface area (TPSA) is 77.0 Å². The molecule has 0 spiro atoms. The zero-order valence-corrected chi connectivity index (χ0v) is 15.2. The summed E-state index contributed by atoms with van der Waals surface area (Å²) in [5.74, 6) is 6.97. The molecule has 0 unspecified atom stereocenters. The second-order valence-electron chi connectivity index (χ2n) is 6.45. The highest BCUT2D eigenvalue weighted by atomic mass is 32.2. The molecule has 1 amide bonds. The summed E-state index contributed by atoms with van der Waals surface area (Å²) in [5, 5.41) is 8.32. The summed E-state index contributed by atoms with van der Waals surface area (Å²) in [6.07, 6.45) is 2.09. The molecule has 1 saturated heterocycles. The molecule has 134 valence electrons. The fraction of sp³-hybridized carbons (Fsp3) is 0.471. The van der Waals surface area contributed by atoms with Crippen LogP contribution in [0.3, 0.4) is 0 Å². The summed E-state index contributed by atoms with van der Waals surface area (Å²) in [6, 6.07) is 5.89. The monoisotopic (exact) mass is 363 g/mol. The van der Waals surface area contributed by atoms with E-state index in [1.54, 1.807) is 12.1 Å². The van der Waals surface area contributed by atoms with Gasteiger partial charge in [-0.1, -0.05) is 18.7 Å². The Bertz CT molecular complexity index is 740. The van der Waals surface area contributed by atoms with Crippen LogP contribution in [-0.4, -0.2) is 44.0 Å². The number of nitrogen functional groups attached to an aromatic ring is 1. The molecule has 2 heterocycles. The van der Waals surface area contributed by atoms with Gasteiger partial charge in [-0.15, -0.1) is 10.2 Å². The first-order valence-corrected chi connectivity index (χ1v) is 9.25. The molecule has 8 heteroatoms. The van der Waals surface area contributed by atoms with Crippen molar-refractivity contribution >= 4 is 17.7 Å². The number of hydrogen-bond acceptors (Lipinski definition) is 5. The molecule has 6 nitrogen and oxygen atoms in total. The van der Waals surface area contributed by atoms with E-state index in [4.69, 9.17) is 5.84 Å². The zero-order valence-electron chi connectivity index (χ0n) is 14.4. The van der Waals surface area contributed by atoms with E-state index in [9.17, 15) is 9.18 Å². The lowest BCUT2D eigenvalue weighted by Crippen LogP contribution is -2.41. The lowest BCUT2D eigenvalue weighted by molar-refractivity contribution is -0.131. The van der Waals surface area contributed by atoms with Crippen LogP contribution in [0, 0.1) is 11.7 Å². The maximum absolute atomic E-state index is 13.0. The number of aromatic nitrogens is 3. The smallest absolute Gasteiger partial charge is 0.235 e. The van der Waals surface area contributed by atoms with Crippen molar-refractivity contribution in [2.75, 3.05) is 18.9 Å². The lowest BCUT2D eigenvalue weighted by atomic mass is 9.99. The molecule has 1 aliphatic heterocycles. The molecule has 0 aliphatic carbocycles. The van der Waals surface area contributed by atoms with Crippen molar-refractivity contribution < 1.29 is 9.18 Å². The van der Waals surface area contributed by atoms with Crippen LogP contribution >= 0.6 is 11.8 Å². The fourth-order valence-electron chi connectivity index (χ4n) is 2.85. The first-order valence-electron chi connectivity index (χ1n) is 8.37. The molecule has 0 saturated carbocycles. The molecule has 25 heavy (non-hydrogen) atoms. The zero-order chi connectivity index (χ0) is 18.0. The Balaban J connectivity index is 1.68. The maximum atomic E-state index is 13.0. The largest absolute Gasteiger partial charge is 0.342 e. The molecule has 1 aliphatic rings. The van der Waals surface area contributed by atoms with Gasteiger partial charge in [-0.3, -0.25) is 4.79 Å². The van der Waals surface area contributed by atoms with Gasteiger partial charge < -0.3 is 10.7 Å². The van der Waals surface area contributed by atoms with E-state index >= 15 is 0 Å². The third-order valence-corrected chi connectivity index (χ3v) is 5.54. The van der Waals surface area contributed by atoms with E-state index in [2.05, 4.69) is 17.1 Å². The number of likely N-dealkylation sites (tertiary alicyclic amines) is 1. The van der Waals surface area contributed by atoms with Crippen LogP contribution in [0.25, 0.3) is 11.4 Å². The molecule has 1 aromatic carbocycles. The predicted molar refractivity (Wildman–Crippen MR) is 95.9 cm³/mol. The summed E-state index contributed by atoms with van der Waals surface area (Å²) >= 11 is 1.29. The van der Waals surface area contributed by atoms with Crippen LogP contribution in [0.1, 0.15) is 26.7 Å². The van der Waals surface area contributed by atoms with Gasteiger partial charge in [0.05, 0.1) is 5.25 Å². The Morgan fingerprint density at radius 2 is 1.92 bits per heavy atom. The van der Waals surface area contributed by atoms with E-state index in [-0.39, 0.29) is 17.0 Å². The van der Waals surface area contributed by atoms with Gasteiger partial charge in [0.15, 0.2) is 5.82 Å². The minimum Gasteiger partial charge on any atom is -0.342 e. The van der Waals surface area contributed by atoms with Gasteiger partial charge in [0.1, 0.15) is 5.82 Å². The number of carbonyl (C=O) groups excluding carboxylic acids is 1. The quantitative estimate of drug-likeness (QED) is 0.667. The van der Waals surface area contributed by atoms with Gasteiger partial charge in [0, 0.05) is 18.7 Å². The van der Waals surface area contributed by atoms with E-state index in [1.807, 2.05) is 11.8 Å². The average Bonchev–Trinajstić information content (AvgIpc) is 2.96. The van der Waals surface area contributed by atoms with Crippen molar-refractivity contribution in [1.82, 2.24) is 19.8 Å². The van der Waals surface area contributed by atoms with Gasteiger partial charge in [-0.05, 0) is 49.9 Å². The number of amides is 1. The van der Waals surface area contributed by atoms with E-state index in [0.29, 0.717) is 22.5 Å². The van der Waals surface area contributed by atoms with Gasteiger partial charge in [-0.2, -0.15) is 0 Å². The lowest BCUT2D eigenvalue weighted by Gasteiger charge is -2.31. The maximum Gasteiger partial charge on any atom is 0.235 e. The van der Waals surface area contributed by atoms with Crippen LogP contribution in [0.5, 0.6) is 0 Å². The SMILES string of the molecule is CC1CCN(C(=O)[C@H](C)Sc2nnc(-c3ccc(F)cc3)n2N)CC1. The predicted octanol–water partition coefficient (Wildman–Crippen LogP) is 2.54.